The molecule has 1 fully saturated rings. The molecule has 2 N–H and O–H groups in total. The van der Waals surface area contributed by atoms with Crippen LogP contribution in [0.2, 0.25) is 0 Å². The third-order valence-electron chi connectivity index (χ3n) is 6.21. The van der Waals surface area contributed by atoms with Gasteiger partial charge in [-0.15, -0.1) is 0 Å². The van der Waals surface area contributed by atoms with E-state index in [2.05, 4.69) is 15.6 Å². The summed E-state index contributed by atoms with van der Waals surface area (Å²) in [6.07, 6.45) is 5.05. The van der Waals surface area contributed by atoms with Crippen LogP contribution >= 0.6 is 0 Å². The van der Waals surface area contributed by atoms with Gasteiger partial charge in [0, 0.05) is 31.0 Å². The lowest BCUT2D eigenvalue weighted by atomic mass is 10.0. The number of nitrogens with zero attached hydrogens (tertiary/aromatic N) is 3. The molecule has 2 aromatic carbocycles. The van der Waals surface area contributed by atoms with Gasteiger partial charge in [-0.2, -0.15) is 0 Å². The minimum atomic E-state index is -0.752. The predicted molar refractivity (Wildman–Crippen MR) is 121 cm³/mol. The van der Waals surface area contributed by atoms with Gasteiger partial charge in [0.2, 0.25) is 11.8 Å². The Balaban J connectivity index is 1.31. The molecule has 5 rings (SSSR count). The maximum absolute atomic E-state index is 13.9. The molecule has 8 nitrogen and oxygen atoms in total. The number of carbonyl (C=O) groups excluding carboxylic acids is 3. The van der Waals surface area contributed by atoms with Crippen molar-refractivity contribution < 1.29 is 18.8 Å². The Hall–Kier alpha value is -4.01. The Morgan fingerprint density at radius 1 is 1.18 bits per heavy atom. The minimum Gasteiger partial charge on any atom is -0.345 e. The van der Waals surface area contributed by atoms with Gasteiger partial charge in [0.05, 0.1) is 6.54 Å². The van der Waals surface area contributed by atoms with E-state index in [1.54, 1.807) is 65.3 Å². The molecule has 3 amide bonds. The molecule has 2 heterocycles. The first kappa shape index (κ1) is 21.8. The summed E-state index contributed by atoms with van der Waals surface area (Å²) in [5, 5.41) is 5.52. The number of fused-ring (bicyclic) bond motifs is 1. The Bertz CT molecular complexity index is 1270. The van der Waals surface area contributed by atoms with Gasteiger partial charge in [0.25, 0.3) is 5.91 Å². The van der Waals surface area contributed by atoms with Crippen molar-refractivity contribution in [2.75, 3.05) is 6.54 Å². The average molecular weight is 461 g/mol. The molecule has 34 heavy (non-hydrogen) atoms. The van der Waals surface area contributed by atoms with Crippen molar-refractivity contribution in [3.8, 4) is 0 Å². The van der Waals surface area contributed by atoms with Crippen molar-refractivity contribution in [1.29, 1.82) is 0 Å². The van der Waals surface area contributed by atoms with E-state index in [0.29, 0.717) is 22.5 Å². The molecular formula is C25H24FN5O3. The van der Waals surface area contributed by atoms with E-state index in [4.69, 9.17) is 0 Å². The maximum atomic E-state index is 13.9. The first-order valence-corrected chi connectivity index (χ1v) is 11.2. The van der Waals surface area contributed by atoms with Gasteiger partial charge in [-0.1, -0.05) is 30.3 Å². The number of aromatic nitrogens is 2. The molecule has 1 aliphatic carbocycles. The van der Waals surface area contributed by atoms with Gasteiger partial charge < -0.3 is 20.1 Å². The van der Waals surface area contributed by atoms with Gasteiger partial charge >= 0.3 is 0 Å². The Kier molecular flexibility index (Phi) is 5.61. The highest BCUT2D eigenvalue weighted by Crippen LogP contribution is 2.41. The molecular weight excluding hydrogens is 437 g/mol. The van der Waals surface area contributed by atoms with Crippen molar-refractivity contribution in [2.24, 2.45) is 7.05 Å². The summed E-state index contributed by atoms with van der Waals surface area (Å²) in [6, 6.07) is 11.6. The quantitative estimate of drug-likeness (QED) is 0.564. The van der Waals surface area contributed by atoms with Crippen LogP contribution in [-0.2, 0) is 16.6 Å². The number of aryl methyl sites for hydroxylation is 1. The third-order valence-corrected chi connectivity index (χ3v) is 6.21. The molecule has 9 heteroatoms. The highest BCUT2D eigenvalue weighted by atomic mass is 19.1. The maximum Gasteiger partial charge on any atom is 0.255 e. The van der Waals surface area contributed by atoms with Crippen LogP contribution in [0.4, 0.5) is 4.39 Å². The molecule has 1 aliphatic heterocycles. The number of carbonyl (C=O) groups is 3. The fourth-order valence-electron chi connectivity index (χ4n) is 4.45. The van der Waals surface area contributed by atoms with Crippen LogP contribution in [0.15, 0.2) is 60.9 Å². The molecule has 3 aromatic rings. The van der Waals surface area contributed by atoms with E-state index in [1.807, 2.05) is 0 Å². The smallest absolute Gasteiger partial charge is 0.255 e. The van der Waals surface area contributed by atoms with E-state index in [-0.39, 0.29) is 18.5 Å². The fraction of sp³-hybridized carbons (Fsp3) is 0.280. The number of nitrogens with one attached hydrogen (secondary N) is 2. The molecule has 2 aliphatic rings. The Labute approximate surface area is 195 Å². The summed E-state index contributed by atoms with van der Waals surface area (Å²) < 4.78 is 15.6. The van der Waals surface area contributed by atoms with Gasteiger partial charge in [0.1, 0.15) is 23.7 Å². The van der Waals surface area contributed by atoms with Crippen molar-refractivity contribution in [3.63, 3.8) is 0 Å². The van der Waals surface area contributed by atoms with Crippen LogP contribution < -0.4 is 10.6 Å². The van der Waals surface area contributed by atoms with E-state index in [1.165, 1.54) is 12.1 Å². The normalized spacial score (nSPS) is 17.9. The number of rotatable bonds is 7. The monoisotopic (exact) mass is 461 g/mol. The van der Waals surface area contributed by atoms with Gasteiger partial charge in [-0.3, -0.25) is 14.4 Å². The van der Waals surface area contributed by atoms with Crippen LogP contribution in [0.3, 0.4) is 0 Å². The Morgan fingerprint density at radius 3 is 2.68 bits per heavy atom. The molecule has 1 aromatic heterocycles. The number of hydrogen-bond donors (Lipinski definition) is 2. The molecule has 1 saturated carbocycles. The molecule has 174 valence electrons. The molecule has 0 saturated heterocycles. The SMILES string of the molecule is Cn1ccnc1C(NC(=O)CNC(=O)C1c2ccccc2C(=O)N1C1CC1)c1cccc(F)c1. The topological polar surface area (TPSA) is 96.3 Å². The highest BCUT2D eigenvalue weighted by Gasteiger charge is 2.47. The van der Waals surface area contributed by atoms with Crippen molar-refractivity contribution in [3.05, 3.63) is 89.3 Å². The molecule has 2 atom stereocenters. The average Bonchev–Trinajstić information content (AvgIpc) is 3.51. The lowest BCUT2D eigenvalue weighted by Crippen LogP contribution is -2.44. The van der Waals surface area contributed by atoms with Crippen LogP contribution in [0.5, 0.6) is 0 Å². The number of halogens is 1. The summed E-state index contributed by atoms with van der Waals surface area (Å²) >= 11 is 0. The summed E-state index contributed by atoms with van der Waals surface area (Å²) in [6.45, 7) is -0.291. The molecule has 0 radical (unpaired) electrons. The lowest BCUT2D eigenvalue weighted by Gasteiger charge is -2.24. The number of hydrogen-bond acceptors (Lipinski definition) is 4. The number of benzene rings is 2. The second-order valence-electron chi connectivity index (χ2n) is 8.60. The van der Waals surface area contributed by atoms with Crippen molar-refractivity contribution >= 4 is 17.7 Å². The third kappa shape index (κ3) is 4.05. The molecule has 0 spiro atoms. The summed E-state index contributed by atoms with van der Waals surface area (Å²) in [5.41, 5.74) is 1.71. The summed E-state index contributed by atoms with van der Waals surface area (Å²) in [5.74, 6) is -0.908. The zero-order valence-corrected chi connectivity index (χ0v) is 18.6. The van der Waals surface area contributed by atoms with E-state index < -0.39 is 29.7 Å². The van der Waals surface area contributed by atoms with Crippen LogP contribution in [0, 0.1) is 5.82 Å². The largest absolute Gasteiger partial charge is 0.345 e. The predicted octanol–water partition coefficient (Wildman–Crippen LogP) is 2.24. The Morgan fingerprint density at radius 2 is 1.97 bits per heavy atom. The van der Waals surface area contributed by atoms with E-state index in [0.717, 1.165) is 12.8 Å². The minimum absolute atomic E-state index is 0.0465. The second-order valence-corrected chi connectivity index (χ2v) is 8.60. The van der Waals surface area contributed by atoms with Crippen LogP contribution in [-0.4, -0.2) is 44.8 Å². The van der Waals surface area contributed by atoms with Crippen molar-refractivity contribution in [1.82, 2.24) is 25.1 Å². The van der Waals surface area contributed by atoms with Crippen LogP contribution in [0.1, 0.15) is 52.2 Å². The summed E-state index contributed by atoms with van der Waals surface area (Å²) in [4.78, 5) is 44.7. The highest BCUT2D eigenvalue weighted by molar-refractivity contribution is 6.05. The van der Waals surface area contributed by atoms with E-state index >= 15 is 0 Å². The fourth-order valence-corrected chi connectivity index (χ4v) is 4.45. The van der Waals surface area contributed by atoms with Gasteiger partial charge in [0.15, 0.2) is 0 Å². The zero-order chi connectivity index (χ0) is 23.8. The molecule has 2 unspecified atom stereocenters. The van der Waals surface area contributed by atoms with Crippen LogP contribution in [0.25, 0.3) is 0 Å². The zero-order valence-electron chi connectivity index (χ0n) is 18.6. The number of imidazole rings is 1. The standard InChI is InChI=1S/C25H24FN5O3/c1-30-12-11-27-23(30)21(15-5-4-6-16(26)13-15)29-20(32)14-28-24(33)22-18-7-2-3-8-19(18)25(34)31(22)17-9-10-17/h2-8,11-13,17,21-22H,9-10,14H2,1H3,(H,28,33)(H,29,32). The van der Waals surface area contributed by atoms with Crippen molar-refractivity contribution in [2.45, 2.75) is 31.0 Å². The van der Waals surface area contributed by atoms with Gasteiger partial charge in [-0.25, -0.2) is 9.37 Å². The first-order valence-electron chi connectivity index (χ1n) is 11.2. The summed E-state index contributed by atoms with van der Waals surface area (Å²) in [7, 11) is 1.78. The van der Waals surface area contributed by atoms with Gasteiger partial charge in [-0.05, 0) is 42.2 Å². The lowest BCUT2D eigenvalue weighted by molar-refractivity contribution is -0.129. The first-order chi connectivity index (χ1) is 16.4. The number of amides is 3. The second kappa shape index (κ2) is 8.74. The molecule has 0 bridgehead atoms. The van der Waals surface area contributed by atoms with E-state index in [9.17, 15) is 18.8 Å².